The number of aromatic nitrogens is 2. The third kappa shape index (κ3) is 2.82. The van der Waals surface area contributed by atoms with Gasteiger partial charge in [0.25, 0.3) is 0 Å². The van der Waals surface area contributed by atoms with Crippen LogP contribution in [0.1, 0.15) is 11.5 Å². The zero-order valence-corrected chi connectivity index (χ0v) is 14.9. The molecule has 0 atom stereocenters. The number of hydrogen-bond donors (Lipinski definition) is 0. The van der Waals surface area contributed by atoms with Crippen LogP contribution in [0.3, 0.4) is 0 Å². The SMILES string of the molecule is N#CC1=C(c2nc3cc(OCc4cccnc4)ccc3o2)N2CCN=C2S1. The summed E-state index contributed by atoms with van der Waals surface area (Å²) in [4.78, 5) is 15.6. The van der Waals surface area contributed by atoms with Gasteiger partial charge >= 0.3 is 0 Å². The van der Waals surface area contributed by atoms with Crippen molar-refractivity contribution in [1.82, 2.24) is 14.9 Å². The second-order valence-corrected chi connectivity index (χ2v) is 6.98. The van der Waals surface area contributed by atoms with E-state index in [2.05, 4.69) is 21.0 Å². The molecule has 0 saturated carbocycles. The number of ether oxygens (including phenoxy) is 1. The number of benzene rings is 1. The van der Waals surface area contributed by atoms with Crippen LogP contribution in [0.4, 0.5) is 0 Å². The summed E-state index contributed by atoms with van der Waals surface area (Å²) < 4.78 is 11.7. The van der Waals surface area contributed by atoms with Crippen molar-refractivity contribution >= 4 is 33.7 Å². The fraction of sp³-hybridized carbons (Fsp3) is 0.158. The summed E-state index contributed by atoms with van der Waals surface area (Å²) in [5.41, 5.74) is 3.03. The quantitative estimate of drug-likeness (QED) is 0.690. The molecule has 5 rings (SSSR count). The molecule has 0 amide bonds. The average Bonchev–Trinajstić information content (AvgIpc) is 3.40. The van der Waals surface area contributed by atoms with Gasteiger partial charge in [-0.05, 0) is 30.0 Å². The third-order valence-electron chi connectivity index (χ3n) is 4.27. The maximum absolute atomic E-state index is 9.45. The molecule has 0 aliphatic carbocycles. The van der Waals surface area contributed by atoms with Crippen LogP contribution in [-0.4, -0.2) is 33.1 Å². The number of fused-ring (bicyclic) bond motifs is 2. The number of thioether (sulfide) groups is 1. The van der Waals surface area contributed by atoms with Crippen LogP contribution in [0.2, 0.25) is 0 Å². The van der Waals surface area contributed by atoms with Gasteiger partial charge in [0.2, 0.25) is 5.89 Å². The fourth-order valence-electron chi connectivity index (χ4n) is 3.02. The monoisotopic (exact) mass is 375 g/mol. The largest absolute Gasteiger partial charge is 0.489 e. The number of allylic oxidation sites excluding steroid dienone is 1. The molecule has 0 unspecified atom stereocenters. The van der Waals surface area contributed by atoms with Crippen LogP contribution < -0.4 is 4.74 Å². The van der Waals surface area contributed by atoms with Gasteiger partial charge in [0.15, 0.2) is 10.8 Å². The minimum Gasteiger partial charge on any atom is -0.489 e. The molecule has 2 aromatic heterocycles. The Labute approximate surface area is 159 Å². The average molecular weight is 375 g/mol. The second-order valence-electron chi connectivity index (χ2n) is 6.01. The van der Waals surface area contributed by atoms with Crippen molar-refractivity contribution < 1.29 is 9.15 Å². The van der Waals surface area contributed by atoms with Gasteiger partial charge in [0.05, 0.1) is 6.54 Å². The Morgan fingerprint density at radius 3 is 3.15 bits per heavy atom. The predicted molar refractivity (Wildman–Crippen MR) is 102 cm³/mol. The second kappa shape index (κ2) is 6.45. The number of nitriles is 1. The van der Waals surface area contributed by atoms with Gasteiger partial charge in [-0.3, -0.25) is 9.98 Å². The molecule has 2 aliphatic heterocycles. The molecule has 8 heteroatoms. The van der Waals surface area contributed by atoms with E-state index in [0.29, 0.717) is 39.9 Å². The van der Waals surface area contributed by atoms with E-state index in [0.717, 1.165) is 23.8 Å². The molecule has 0 radical (unpaired) electrons. The molecule has 27 heavy (non-hydrogen) atoms. The van der Waals surface area contributed by atoms with Crippen LogP contribution in [0, 0.1) is 11.3 Å². The third-order valence-corrected chi connectivity index (χ3v) is 5.29. The summed E-state index contributed by atoms with van der Waals surface area (Å²) >= 11 is 1.37. The van der Waals surface area contributed by atoms with Crippen molar-refractivity contribution in [2.45, 2.75) is 6.61 Å². The topological polar surface area (TPSA) is 87.5 Å². The van der Waals surface area contributed by atoms with Crippen molar-refractivity contribution in [2.24, 2.45) is 4.99 Å². The highest BCUT2D eigenvalue weighted by molar-refractivity contribution is 8.18. The number of rotatable bonds is 4. The number of oxazole rings is 1. The van der Waals surface area contributed by atoms with E-state index >= 15 is 0 Å². The lowest BCUT2D eigenvalue weighted by atomic mass is 10.3. The lowest BCUT2D eigenvalue weighted by Crippen LogP contribution is -2.20. The van der Waals surface area contributed by atoms with Gasteiger partial charge in [-0.1, -0.05) is 6.07 Å². The summed E-state index contributed by atoms with van der Waals surface area (Å²) in [6, 6.07) is 11.6. The Kier molecular flexibility index (Phi) is 3.80. The van der Waals surface area contributed by atoms with E-state index in [1.807, 2.05) is 35.2 Å². The lowest BCUT2D eigenvalue weighted by molar-refractivity contribution is 0.306. The minimum absolute atomic E-state index is 0.429. The molecule has 3 aromatic rings. The molecular formula is C19H13N5O2S. The zero-order valence-electron chi connectivity index (χ0n) is 14.1. The maximum Gasteiger partial charge on any atom is 0.246 e. The number of amidine groups is 1. The van der Waals surface area contributed by atoms with Crippen LogP contribution in [0.25, 0.3) is 16.8 Å². The van der Waals surface area contributed by atoms with E-state index in [1.54, 1.807) is 12.4 Å². The van der Waals surface area contributed by atoms with Crippen LogP contribution >= 0.6 is 11.8 Å². The standard InChI is InChI=1S/C19H13N5O2S/c20-9-16-17(24-7-6-22-19(24)27-16)18-23-14-8-13(3-4-15(14)26-18)25-11-12-2-1-5-21-10-12/h1-5,8,10H,6-7,11H2. The fourth-order valence-corrected chi connectivity index (χ4v) is 3.99. The minimum atomic E-state index is 0.429. The maximum atomic E-state index is 9.45. The normalized spacial score (nSPS) is 15.8. The molecule has 2 aliphatic rings. The molecule has 0 spiro atoms. The van der Waals surface area contributed by atoms with E-state index in [4.69, 9.17) is 9.15 Å². The van der Waals surface area contributed by atoms with Gasteiger partial charge in [-0.25, -0.2) is 4.98 Å². The first kappa shape index (κ1) is 15.9. The molecule has 4 heterocycles. The van der Waals surface area contributed by atoms with Crippen molar-refractivity contribution in [3.8, 4) is 11.8 Å². The predicted octanol–water partition coefficient (Wildman–Crippen LogP) is 3.41. The highest BCUT2D eigenvalue weighted by Gasteiger charge is 2.35. The van der Waals surface area contributed by atoms with Crippen molar-refractivity contribution in [3.63, 3.8) is 0 Å². The number of pyridine rings is 1. The Balaban J connectivity index is 1.44. The summed E-state index contributed by atoms with van der Waals surface area (Å²) in [6.07, 6.45) is 3.50. The van der Waals surface area contributed by atoms with Crippen LogP contribution in [0.5, 0.6) is 5.75 Å². The first-order chi connectivity index (χ1) is 13.3. The Morgan fingerprint density at radius 1 is 1.33 bits per heavy atom. The summed E-state index contributed by atoms with van der Waals surface area (Å²) in [6.45, 7) is 1.89. The van der Waals surface area contributed by atoms with Gasteiger partial charge < -0.3 is 14.1 Å². The van der Waals surface area contributed by atoms with E-state index in [1.165, 1.54) is 11.8 Å². The molecule has 132 valence electrons. The number of aliphatic imine (C=N–C) groups is 1. The molecule has 1 aromatic carbocycles. The Bertz CT molecular complexity index is 1130. The van der Waals surface area contributed by atoms with Gasteiger partial charge in [0, 0.05) is 30.6 Å². The first-order valence-corrected chi connectivity index (χ1v) is 9.20. The smallest absolute Gasteiger partial charge is 0.246 e. The Hall–Kier alpha value is -3.31. The van der Waals surface area contributed by atoms with Crippen LogP contribution in [0.15, 0.2) is 57.0 Å². The summed E-state index contributed by atoms with van der Waals surface area (Å²) in [5.74, 6) is 1.13. The highest BCUT2D eigenvalue weighted by Crippen LogP contribution is 2.41. The van der Waals surface area contributed by atoms with Crippen molar-refractivity contribution in [2.75, 3.05) is 13.1 Å². The van der Waals surface area contributed by atoms with Gasteiger partial charge in [0.1, 0.15) is 34.5 Å². The molecule has 0 saturated heterocycles. The molecule has 0 N–H and O–H groups in total. The van der Waals surface area contributed by atoms with E-state index < -0.39 is 0 Å². The molecule has 7 nitrogen and oxygen atoms in total. The number of hydrogen-bond acceptors (Lipinski definition) is 8. The molecular weight excluding hydrogens is 362 g/mol. The lowest BCUT2D eigenvalue weighted by Gasteiger charge is -2.12. The van der Waals surface area contributed by atoms with Gasteiger partial charge in [-0.2, -0.15) is 5.26 Å². The van der Waals surface area contributed by atoms with Crippen molar-refractivity contribution in [1.29, 1.82) is 5.26 Å². The summed E-state index contributed by atoms with van der Waals surface area (Å²) in [7, 11) is 0. The summed E-state index contributed by atoms with van der Waals surface area (Å²) in [5, 5.41) is 10.3. The molecule has 0 bridgehead atoms. The highest BCUT2D eigenvalue weighted by atomic mass is 32.2. The number of nitrogens with zero attached hydrogens (tertiary/aromatic N) is 5. The van der Waals surface area contributed by atoms with Crippen LogP contribution in [-0.2, 0) is 6.61 Å². The Morgan fingerprint density at radius 2 is 2.30 bits per heavy atom. The zero-order chi connectivity index (χ0) is 18.2. The first-order valence-electron chi connectivity index (χ1n) is 8.39. The van der Waals surface area contributed by atoms with Crippen molar-refractivity contribution in [3.05, 3.63) is 59.1 Å². The van der Waals surface area contributed by atoms with E-state index in [9.17, 15) is 5.26 Å². The van der Waals surface area contributed by atoms with Gasteiger partial charge in [-0.15, -0.1) is 0 Å². The van der Waals surface area contributed by atoms with E-state index in [-0.39, 0.29) is 0 Å². The molecule has 0 fully saturated rings.